The van der Waals surface area contributed by atoms with Crippen molar-refractivity contribution in [1.82, 2.24) is 10.2 Å². The van der Waals surface area contributed by atoms with Gasteiger partial charge in [0.1, 0.15) is 5.75 Å². The standard InChI is InChI=1S/C16H26N4O2.HI/c1-16(2,3)19-15(17)18-10-12-7-6-8-13(9-12)22-11-14(21)20(4)5;/h6-9H,10-11H2,1-5H3,(H3,17,18,19);1H. The van der Waals surface area contributed by atoms with Crippen LogP contribution in [-0.4, -0.2) is 43.0 Å². The highest BCUT2D eigenvalue weighted by molar-refractivity contribution is 14.0. The smallest absolute Gasteiger partial charge is 0.259 e. The number of aliphatic imine (C=N–C) groups is 1. The molecule has 0 aliphatic rings. The molecule has 7 heteroatoms. The first kappa shape index (κ1) is 21.5. The highest BCUT2D eigenvalue weighted by Gasteiger charge is 2.09. The Bertz CT molecular complexity index is 539. The van der Waals surface area contributed by atoms with Crippen molar-refractivity contribution in [3.63, 3.8) is 0 Å². The summed E-state index contributed by atoms with van der Waals surface area (Å²) < 4.78 is 5.47. The summed E-state index contributed by atoms with van der Waals surface area (Å²) in [5.74, 6) is 0.967. The average molecular weight is 434 g/mol. The Morgan fingerprint density at radius 1 is 1.35 bits per heavy atom. The normalized spacial score (nSPS) is 11.4. The van der Waals surface area contributed by atoms with Gasteiger partial charge in [0.2, 0.25) is 0 Å². The van der Waals surface area contributed by atoms with E-state index < -0.39 is 0 Å². The Labute approximate surface area is 155 Å². The van der Waals surface area contributed by atoms with Gasteiger partial charge in [-0.05, 0) is 38.5 Å². The molecule has 130 valence electrons. The molecule has 0 radical (unpaired) electrons. The Morgan fingerprint density at radius 3 is 2.57 bits per heavy atom. The lowest BCUT2D eigenvalue weighted by Crippen LogP contribution is -2.44. The quantitative estimate of drug-likeness (QED) is 0.422. The largest absolute Gasteiger partial charge is 0.484 e. The topological polar surface area (TPSA) is 80.0 Å². The van der Waals surface area contributed by atoms with Crippen LogP contribution >= 0.6 is 24.0 Å². The number of rotatable bonds is 5. The second kappa shape index (κ2) is 9.59. The monoisotopic (exact) mass is 434 g/mol. The van der Waals surface area contributed by atoms with Crippen LogP contribution in [0.1, 0.15) is 26.3 Å². The molecular formula is C16H27IN4O2. The fraction of sp³-hybridized carbons (Fsp3) is 0.500. The highest BCUT2D eigenvalue weighted by atomic mass is 127. The minimum absolute atomic E-state index is 0. The van der Waals surface area contributed by atoms with E-state index in [2.05, 4.69) is 10.3 Å². The average Bonchev–Trinajstić information content (AvgIpc) is 2.41. The first-order valence-corrected chi connectivity index (χ1v) is 7.17. The maximum atomic E-state index is 11.5. The number of hydrogen-bond donors (Lipinski definition) is 2. The zero-order valence-corrected chi connectivity index (χ0v) is 16.8. The molecule has 1 amide bonds. The third kappa shape index (κ3) is 9.27. The van der Waals surface area contributed by atoms with Crippen molar-refractivity contribution in [2.45, 2.75) is 32.9 Å². The van der Waals surface area contributed by atoms with E-state index in [1.165, 1.54) is 4.90 Å². The van der Waals surface area contributed by atoms with Crippen molar-refractivity contribution in [3.8, 4) is 5.75 Å². The minimum Gasteiger partial charge on any atom is -0.484 e. The van der Waals surface area contributed by atoms with E-state index in [4.69, 9.17) is 10.5 Å². The number of guanidine groups is 1. The summed E-state index contributed by atoms with van der Waals surface area (Å²) in [6.45, 7) is 6.53. The van der Waals surface area contributed by atoms with Gasteiger partial charge in [-0.2, -0.15) is 0 Å². The molecule has 0 saturated carbocycles. The fourth-order valence-electron chi connectivity index (χ4n) is 1.61. The number of hydrogen-bond acceptors (Lipinski definition) is 3. The van der Waals surface area contributed by atoms with Crippen LogP contribution in [0.4, 0.5) is 0 Å². The van der Waals surface area contributed by atoms with Gasteiger partial charge in [0.15, 0.2) is 12.6 Å². The number of likely N-dealkylation sites (N-methyl/N-ethyl adjacent to an activating group) is 1. The maximum absolute atomic E-state index is 11.5. The number of halogens is 1. The molecule has 1 aromatic rings. The van der Waals surface area contributed by atoms with E-state index in [0.717, 1.165) is 5.56 Å². The first-order valence-electron chi connectivity index (χ1n) is 7.17. The van der Waals surface area contributed by atoms with Gasteiger partial charge in [0.05, 0.1) is 6.54 Å². The predicted molar refractivity (Wildman–Crippen MR) is 104 cm³/mol. The van der Waals surface area contributed by atoms with E-state index in [0.29, 0.717) is 18.3 Å². The number of carbonyl (C=O) groups excluding carboxylic acids is 1. The SMILES string of the molecule is CN(C)C(=O)COc1cccc(CN=C(N)NC(C)(C)C)c1.I. The molecule has 0 fully saturated rings. The summed E-state index contributed by atoms with van der Waals surface area (Å²) in [5, 5.41) is 3.10. The molecule has 0 unspecified atom stereocenters. The van der Waals surface area contributed by atoms with Crippen LogP contribution in [0.5, 0.6) is 5.75 Å². The van der Waals surface area contributed by atoms with Crippen LogP contribution in [0.3, 0.4) is 0 Å². The van der Waals surface area contributed by atoms with Crippen molar-refractivity contribution in [1.29, 1.82) is 0 Å². The molecule has 1 aromatic carbocycles. The fourth-order valence-corrected chi connectivity index (χ4v) is 1.61. The van der Waals surface area contributed by atoms with E-state index in [1.54, 1.807) is 14.1 Å². The molecule has 0 atom stereocenters. The molecule has 1 rings (SSSR count). The second-order valence-corrected chi connectivity index (χ2v) is 6.30. The number of nitrogens with zero attached hydrogens (tertiary/aromatic N) is 2. The second-order valence-electron chi connectivity index (χ2n) is 6.30. The van der Waals surface area contributed by atoms with Gasteiger partial charge in [-0.15, -0.1) is 24.0 Å². The molecular weight excluding hydrogens is 407 g/mol. The number of ether oxygens (including phenoxy) is 1. The van der Waals surface area contributed by atoms with Gasteiger partial charge in [0.25, 0.3) is 5.91 Å². The van der Waals surface area contributed by atoms with Crippen LogP contribution in [0.2, 0.25) is 0 Å². The number of benzene rings is 1. The Kier molecular flexibility index (Phi) is 8.96. The molecule has 0 aliphatic heterocycles. The summed E-state index contributed by atoms with van der Waals surface area (Å²) in [6.07, 6.45) is 0. The Hall–Kier alpha value is -1.51. The Morgan fingerprint density at radius 2 is 2.00 bits per heavy atom. The lowest BCUT2D eigenvalue weighted by Gasteiger charge is -2.21. The molecule has 3 N–H and O–H groups in total. The van der Waals surface area contributed by atoms with Crippen LogP contribution in [0, 0.1) is 0 Å². The van der Waals surface area contributed by atoms with Crippen molar-refractivity contribution in [2.24, 2.45) is 10.7 Å². The van der Waals surface area contributed by atoms with E-state index >= 15 is 0 Å². The highest BCUT2D eigenvalue weighted by Crippen LogP contribution is 2.14. The van der Waals surface area contributed by atoms with Gasteiger partial charge >= 0.3 is 0 Å². The summed E-state index contributed by atoms with van der Waals surface area (Å²) in [4.78, 5) is 17.3. The molecule has 23 heavy (non-hydrogen) atoms. The zero-order chi connectivity index (χ0) is 16.8. The maximum Gasteiger partial charge on any atom is 0.259 e. The van der Waals surface area contributed by atoms with Gasteiger partial charge in [-0.1, -0.05) is 12.1 Å². The summed E-state index contributed by atoms with van der Waals surface area (Å²) in [5.41, 5.74) is 6.68. The molecule has 0 saturated heterocycles. The van der Waals surface area contributed by atoms with Crippen molar-refractivity contribution in [3.05, 3.63) is 29.8 Å². The van der Waals surface area contributed by atoms with E-state index in [1.807, 2.05) is 45.0 Å². The molecule has 0 bridgehead atoms. The predicted octanol–water partition coefficient (Wildman–Crippen LogP) is 1.97. The number of nitrogens with two attached hydrogens (primary N) is 1. The molecule has 0 aromatic heterocycles. The summed E-state index contributed by atoms with van der Waals surface area (Å²) >= 11 is 0. The first-order chi connectivity index (χ1) is 10.2. The van der Waals surface area contributed by atoms with Crippen LogP contribution in [0.15, 0.2) is 29.3 Å². The summed E-state index contributed by atoms with van der Waals surface area (Å²) in [7, 11) is 3.39. The van der Waals surface area contributed by atoms with Crippen LogP contribution < -0.4 is 15.8 Å². The van der Waals surface area contributed by atoms with Gasteiger partial charge in [0, 0.05) is 19.6 Å². The van der Waals surface area contributed by atoms with Gasteiger partial charge in [-0.3, -0.25) is 4.79 Å². The lowest BCUT2D eigenvalue weighted by atomic mass is 10.1. The van der Waals surface area contributed by atoms with Gasteiger partial charge < -0.3 is 20.7 Å². The number of nitrogens with one attached hydrogen (secondary N) is 1. The number of carbonyl (C=O) groups is 1. The van der Waals surface area contributed by atoms with Crippen molar-refractivity contribution < 1.29 is 9.53 Å². The van der Waals surface area contributed by atoms with Crippen molar-refractivity contribution in [2.75, 3.05) is 20.7 Å². The third-order valence-corrected chi connectivity index (χ3v) is 2.69. The zero-order valence-electron chi connectivity index (χ0n) is 14.4. The van der Waals surface area contributed by atoms with Crippen LogP contribution in [-0.2, 0) is 11.3 Å². The van der Waals surface area contributed by atoms with E-state index in [9.17, 15) is 4.79 Å². The lowest BCUT2D eigenvalue weighted by molar-refractivity contribution is -0.130. The molecule has 0 heterocycles. The van der Waals surface area contributed by atoms with Crippen molar-refractivity contribution >= 4 is 35.8 Å². The van der Waals surface area contributed by atoms with E-state index in [-0.39, 0.29) is 42.0 Å². The van der Waals surface area contributed by atoms with Gasteiger partial charge in [-0.25, -0.2) is 4.99 Å². The molecule has 0 spiro atoms. The molecule has 0 aliphatic carbocycles. The van der Waals surface area contributed by atoms with Crippen LogP contribution in [0.25, 0.3) is 0 Å². The Balaban J connectivity index is 0.00000484. The third-order valence-electron chi connectivity index (χ3n) is 2.69. The number of amides is 1. The summed E-state index contributed by atoms with van der Waals surface area (Å²) in [6, 6.07) is 7.48. The minimum atomic E-state index is -0.120. The molecule has 6 nitrogen and oxygen atoms in total.